The van der Waals surface area contributed by atoms with Crippen molar-refractivity contribution in [3.63, 3.8) is 0 Å². The molecule has 2 aliphatic rings. The zero-order valence-corrected chi connectivity index (χ0v) is 18.6. The fraction of sp³-hybridized carbons (Fsp3) is 0.435. The van der Waals surface area contributed by atoms with Gasteiger partial charge in [-0.2, -0.15) is 0 Å². The maximum atomic E-state index is 15.0. The summed E-state index contributed by atoms with van der Waals surface area (Å²) in [6, 6.07) is 6.40. The van der Waals surface area contributed by atoms with Crippen LogP contribution in [0.15, 0.2) is 41.2 Å². The van der Waals surface area contributed by atoms with E-state index in [1.807, 2.05) is 4.90 Å². The van der Waals surface area contributed by atoms with E-state index in [2.05, 4.69) is 5.32 Å². The van der Waals surface area contributed by atoms with E-state index in [0.29, 0.717) is 42.9 Å². The second-order valence-electron chi connectivity index (χ2n) is 8.34. The minimum absolute atomic E-state index is 0.0610. The van der Waals surface area contributed by atoms with Crippen molar-refractivity contribution in [2.75, 3.05) is 43.0 Å². The van der Waals surface area contributed by atoms with Crippen LogP contribution in [0.25, 0.3) is 0 Å². The average Bonchev–Trinajstić information content (AvgIpc) is 3.47. The highest BCUT2D eigenvalue weighted by Crippen LogP contribution is 2.30. The summed E-state index contributed by atoms with van der Waals surface area (Å²) in [4.78, 5) is 40.8. The van der Waals surface area contributed by atoms with Gasteiger partial charge in [0.2, 0.25) is 5.91 Å². The van der Waals surface area contributed by atoms with Crippen LogP contribution in [0, 0.1) is 5.82 Å². The van der Waals surface area contributed by atoms with Gasteiger partial charge in [0.25, 0.3) is 5.91 Å². The number of halogens is 1. The standard InChI is InChI=1S/C23H27FN4O5/c1-15(29)25-12-19-13-28(23(31)33-19)18-3-4-21(20(24)11-18)27-8-5-17(6-9-27)26(2)22(30)16-7-10-32-14-16/h3-4,7,10-11,14,17,19H,5-6,8-9,12-13H2,1-2H3,(H,25,29)/t19-/m0/s1. The molecule has 1 aromatic heterocycles. The molecule has 0 aliphatic carbocycles. The van der Waals surface area contributed by atoms with Crippen molar-refractivity contribution in [3.8, 4) is 0 Å². The predicted molar refractivity (Wildman–Crippen MR) is 119 cm³/mol. The van der Waals surface area contributed by atoms with Crippen LogP contribution in [0.1, 0.15) is 30.1 Å². The van der Waals surface area contributed by atoms with Gasteiger partial charge in [0, 0.05) is 33.1 Å². The zero-order chi connectivity index (χ0) is 23.5. The third kappa shape index (κ3) is 4.94. The first-order valence-corrected chi connectivity index (χ1v) is 10.9. The van der Waals surface area contributed by atoms with Crippen LogP contribution >= 0.6 is 0 Å². The predicted octanol–water partition coefficient (Wildman–Crippen LogP) is 2.62. The van der Waals surface area contributed by atoms with Gasteiger partial charge >= 0.3 is 6.09 Å². The van der Waals surface area contributed by atoms with Crippen LogP contribution in [0.3, 0.4) is 0 Å². The number of amides is 3. The molecule has 10 heteroatoms. The van der Waals surface area contributed by atoms with Crippen LogP contribution < -0.4 is 15.1 Å². The first-order chi connectivity index (χ1) is 15.8. The molecule has 9 nitrogen and oxygen atoms in total. The van der Waals surface area contributed by atoms with Crippen molar-refractivity contribution < 1.29 is 27.9 Å². The number of nitrogens with one attached hydrogen (secondary N) is 1. The summed E-state index contributed by atoms with van der Waals surface area (Å²) in [6.07, 6.45) is 3.29. The van der Waals surface area contributed by atoms with E-state index < -0.39 is 18.0 Å². The van der Waals surface area contributed by atoms with Crippen LogP contribution in [0.5, 0.6) is 0 Å². The normalized spacial score (nSPS) is 18.9. The van der Waals surface area contributed by atoms with Crippen molar-refractivity contribution in [3.05, 3.63) is 48.2 Å². The van der Waals surface area contributed by atoms with Gasteiger partial charge in [-0.05, 0) is 37.1 Å². The van der Waals surface area contributed by atoms with Gasteiger partial charge in [-0.15, -0.1) is 0 Å². The van der Waals surface area contributed by atoms with Crippen molar-refractivity contribution in [2.45, 2.75) is 31.9 Å². The molecule has 3 heterocycles. The van der Waals surface area contributed by atoms with Crippen molar-refractivity contribution in [1.29, 1.82) is 0 Å². The highest BCUT2D eigenvalue weighted by molar-refractivity contribution is 5.94. The summed E-state index contributed by atoms with van der Waals surface area (Å²) in [7, 11) is 1.78. The topological polar surface area (TPSA) is 95.3 Å². The number of furan rings is 1. The van der Waals surface area contributed by atoms with E-state index in [9.17, 15) is 18.8 Å². The molecular formula is C23H27FN4O5. The molecule has 0 bridgehead atoms. The van der Waals surface area contributed by atoms with Crippen LogP contribution in [0.2, 0.25) is 0 Å². The van der Waals surface area contributed by atoms with Crippen LogP contribution in [0.4, 0.5) is 20.6 Å². The van der Waals surface area contributed by atoms with Crippen LogP contribution in [-0.2, 0) is 9.53 Å². The minimum Gasteiger partial charge on any atom is -0.472 e. The molecule has 33 heavy (non-hydrogen) atoms. The van der Waals surface area contributed by atoms with Gasteiger partial charge in [-0.25, -0.2) is 9.18 Å². The summed E-state index contributed by atoms with van der Waals surface area (Å²) in [5, 5.41) is 2.62. The molecule has 2 saturated heterocycles. The number of rotatable bonds is 6. The molecule has 0 saturated carbocycles. The van der Waals surface area contributed by atoms with Gasteiger partial charge in [-0.3, -0.25) is 14.5 Å². The number of hydrogen-bond donors (Lipinski definition) is 1. The van der Waals surface area contributed by atoms with Gasteiger partial charge < -0.3 is 24.3 Å². The van der Waals surface area contributed by atoms with E-state index >= 15 is 0 Å². The molecule has 1 N–H and O–H groups in total. The fourth-order valence-corrected chi connectivity index (χ4v) is 4.27. The lowest BCUT2D eigenvalue weighted by Gasteiger charge is -2.38. The molecular weight excluding hydrogens is 431 g/mol. The number of carbonyl (C=O) groups is 3. The number of cyclic esters (lactones) is 1. The van der Waals surface area contributed by atoms with E-state index in [1.54, 1.807) is 30.1 Å². The van der Waals surface area contributed by atoms with Gasteiger partial charge in [0.15, 0.2) is 0 Å². The number of anilines is 2. The lowest BCUT2D eigenvalue weighted by atomic mass is 10.0. The Kier molecular flexibility index (Phi) is 6.52. The Hall–Kier alpha value is -3.56. The number of nitrogens with zero attached hydrogens (tertiary/aromatic N) is 3. The van der Waals surface area contributed by atoms with E-state index in [4.69, 9.17) is 9.15 Å². The first-order valence-electron chi connectivity index (χ1n) is 10.9. The number of piperidine rings is 1. The Morgan fingerprint density at radius 1 is 1.24 bits per heavy atom. The molecule has 0 spiro atoms. The van der Waals surface area contributed by atoms with Crippen molar-refractivity contribution in [1.82, 2.24) is 10.2 Å². The Bertz CT molecular complexity index is 1020. The molecule has 2 aliphatic heterocycles. The summed E-state index contributed by atoms with van der Waals surface area (Å²) >= 11 is 0. The van der Waals surface area contributed by atoms with Crippen molar-refractivity contribution >= 4 is 29.3 Å². The summed E-state index contributed by atoms with van der Waals surface area (Å²) in [6.45, 7) is 3.05. The minimum atomic E-state index is -0.566. The molecule has 1 atom stereocenters. The van der Waals surface area contributed by atoms with Gasteiger partial charge in [0.05, 0.1) is 36.3 Å². The Morgan fingerprint density at radius 3 is 2.64 bits per heavy atom. The maximum absolute atomic E-state index is 15.0. The number of ether oxygens (including phenoxy) is 1. The van der Waals surface area contributed by atoms with E-state index in [1.165, 1.54) is 30.4 Å². The molecule has 3 amide bonds. The molecule has 176 valence electrons. The second kappa shape index (κ2) is 9.51. The largest absolute Gasteiger partial charge is 0.472 e. The third-order valence-electron chi connectivity index (χ3n) is 6.14. The monoisotopic (exact) mass is 458 g/mol. The summed E-state index contributed by atoms with van der Waals surface area (Å²) < 4.78 is 25.2. The van der Waals surface area contributed by atoms with Gasteiger partial charge in [0.1, 0.15) is 18.2 Å². The lowest BCUT2D eigenvalue weighted by Crippen LogP contribution is -2.45. The Morgan fingerprint density at radius 2 is 2.00 bits per heavy atom. The molecule has 0 unspecified atom stereocenters. The first kappa shape index (κ1) is 22.6. The molecule has 2 aromatic rings. The van der Waals surface area contributed by atoms with Crippen molar-refractivity contribution in [2.24, 2.45) is 0 Å². The SMILES string of the molecule is CC(=O)NC[C@H]1CN(c2ccc(N3CCC(N(C)C(=O)c4ccoc4)CC3)c(F)c2)C(=O)O1. The number of carbonyl (C=O) groups excluding carboxylic acids is 3. The number of hydrogen-bond acceptors (Lipinski definition) is 6. The summed E-state index contributed by atoms with van der Waals surface area (Å²) in [5.41, 5.74) is 1.39. The molecule has 0 radical (unpaired) electrons. The molecule has 4 rings (SSSR count). The fourth-order valence-electron chi connectivity index (χ4n) is 4.27. The molecule has 2 fully saturated rings. The lowest BCUT2D eigenvalue weighted by molar-refractivity contribution is -0.119. The van der Waals surface area contributed by atoms with E-state index in [0.717, 1.165) is 0 Å². The average molecular weight is 458 g/mol. The highest BCUT2D eigenvalue weighted by Gasteiger charge is 2.33. The maximum Gasteiger partial charge on any atom is 0.414 e. The zero-order valence-electron chi connectivity index (χ0n) is 18.6. The smallest absolute Gasteiger partial charge is 0.414 e. The van der Waals surface area contributed by atoms with Gasteiger partial charge in [-0.1, -0.05) is 0 Å². The second-order valence-corrected chi connectivity index (χ2v) is 8.34. The Balaban J connectivity index is 1.36. The quantitative estimate of drug-likeness (QED) is 0.715. The third-order valence-corrected chi connectivity index (χ3v) is 6.14. The number of benzene rings is 1. The van der Waals surface area contributed by atoms with E-state index in [-0.39, 0.29) is 30.9 Å². The molecule has 1 aromatic carbocycles. The van der Waals surface area contributed by atoms with Crippen LogP contribution in [-0.4, -0.2) is 68.2 Å². The summed E-state index contributed by atoms with van der Waals surface area (Å²) in [5.74, 6) is -0.723. The highest BCUT2D eigenvalue weighted by atomic mass is 19.1. The Labute approximate surface area is 191 Å².